The molecule has 2 rings (SSSR count). The number of nitrogens with zero attached hydrogens (tertiary/aromatic N) is 2. The minimum atomic E-state index is -0.752. The van der Waals surface area contributed by atoms with E-state index in [9.17, 15) is 9.90 Å². The van der Waals surface area contributed by atoms with Crippen LogP contribution in [-0.4, -0.2) is 27.4 Å². The van der Waals surface area contributed by atoms with E-state index in [1.165, 1.54) is 23.1 Å². The predicted octanol–water partition coefficient (Wildman–Crippen LogP) is -0.729. The van der Waals surface area contributed by atoms with Crippen molar-refractivity contribution in [1.29, 1.82) is 0 Å². The Kier molecular flexibility index (Phi) is 2.42. The summed E-state index contributed by atoms with van der Waals surface area (Å²) in [5.41, 5.74) is 4.88. The Labute approximate surface area is 85.6 Å². The summed E-state index contributed by atoms with van der Waals surface area (Å²) in [6, 6.07) is 1.07. The van der Waals surface area contributed by atoms with Crippen LogP contribution in [0.5, 0.6) is 0 Å². The molecule has 0 unspecified atom stereocenters. The van der Waals surface area contributed by atoms with Crippen molar-refractivity contribution in [2.24, 2.45) is 0 Å². The molecule has 0 aromatic carbocycles. The van der Waals surface area contributed by atoms with Crippen molar-refractivity contribution in [3.8, 4) is 0 Å². The summed E-state index contributed by atoms with van der Waals surface area (Å²) in [6.45, 7) is 0.165. The van der Waals surface area contributed by atoms with Gasteiger partial charge >= 0.3 is 5.69 Å². The first kappa shape index (κ1) is 9.72. The predicted molar refractivity (Wildman–Crippen MR) is 53.0 cm³/mol. The molecule has 0 fully saturated rings. The highest BCUT2D eigenvalue weighted by molar-refractivity contribution is 5.24. The van der Waals surface area contributed by atoms with Gasteiger partial charge in [-0.05, 0) is 12.1 Å². The van der Waals surface area contributed by atoms with E-state index in [0.717, 1.165) is 0 Å². The van der Waals surface area contributed by atoms with E-state index in [4.69, 9.17) is 10.5 Å². The third kappa shape index (κ3) is 1.84. The first-order chi connectivity index (χ1) is 7.18. The van der Waals surface area contributed by atoms with E-state index in [1.807, 2.05) is 0 Å². The zero-order valence-electron chi connectivity index (χ0n) is 7.91. The van der Waals surface area contributed by atoms with E-state index < -0.39 is 17.8 Å². The Morgan fingerprint density at radius 3 is 3.13 bits per heavy atom. The average Bonchev–Trinajstić information content (AvgIpc) is 2.20. The fourth-order valence-corrected chi connectivity index (χ4v) is 1.45. The summed E-state index contributed by atoms with van der Waals surface area (Å²) in [7, 11) is 0. The highest BCUT2D eigenvalue weighted by Gasteiger charge is 2.22. The number of aliphatic hydroxyl groups is 1. The molecule has 2 atom stereocenters. The molecular weight excluding hydrogens is 198 g/mol. The van der Waals surface area contributed by atoms with Crippen molar-refractivity contribution in [1.82, 2.24) is 9.55 Å². The van der Waals surface area contributed by atoms with Gasteiger partial charge in [-0.25, -0.2) is 4.79 Å². The maximum atomic E-state index is 11.5. The van der Waals surface area contributed by atoms with Crippen LogP contribution < -0.4 is 11.4 Å². The molecular formula is C9H11N3O3. The van der Waals surface area contributed by atoms with E-state index in [-0.39, 0.29) is 12.4 Å². The van der Waals surface area contributed by atoms with Gasteiger partial charge in [0, 0.05) is 6.20 Å². The van der Waals surface area contributed by atoms with Gasteiger partial charge in [-0.2, -0.15) is 4.98 Å². The second-order valence-electron chi connectivity index (χ2n) is 3.26. The minimum absolute atomic E-state index is 0.165. The first-order valence-electron chi connectivity index (χ1n) is 4.49. The number of anilines is 1. The fraction of sp³-hybridized carbons (Fsp3) is 0.333. The van der Waals surface area contributed by atoms with Gasteiger partial charge in [-0.15, -0.1) is 0 Å². The van der Waals surface area contributed by atoms with Gasteiger partial charge in [-0.1, -0.05) is 0 Å². The van der Waals surface area contributed by atoms with Crippen LogP contribution in [-0.2, 0) is 4.74 Å². The third-order valence-electron chi connectivity index (χ3n) is 2.21. The molecule has 1 aromatic rings. The van der Waals surface area contributed by atoms with E-state index in [1.54, 1.807) is 6.08 Å². The number of nitrogens with two attached hydrogens (primary N) is 1. The molecule has 1 aliphatic rings. The van der Waals surface area contributed by atoms with Crippen LogP contribution in [0.25, 0.3) is 0 Å². The van der Waals surface area contributed by atoms with Crippen molar-refractivity contribution in [3.63, 3.8) is 0 Å². The molecule has 1 aromatic heterocycles. The average molecular weight is 209 g/mol. The molecule has 1 aliphatic heterocycles. The van der Waals surface area contributed by atoms with Gasteiger partial charge in [0.1, 0.15) is 18.5 Å². The maximum Gasteiger partial charge on any atom is 0.350 e. The second-order valence-corrected chi connectivity index (χ2v) is 3.26. The zero-order valence-corrected chi connectivity index (χ0v) is 7.91. The number of hydrogen-bond donors (Lipinski definition) is 2. The van der Waals surface area contributed by atoms with Crippen molar-refractivity contribution < 1.29 is 9.84 Å². The summed E-state index contributed by atoms with van der Waals surface area (Å²) < 4.78 is 6.23. The molecule has 0 saturated heterocycles. The van der Waals surface area contributed by atoms with Crippen LogP contribution in [0, 0.1) is 0 Å². The summed E-state index contributed by atoms with van der Waals surface area (Å²) in [6.07, 6.45) is 3.82. The summed E-state index contributed by atoms with van der Waals surface area (Å²) in [4.78, 5) is 15.1. The van der Waals surface area contributed by atoms with Gasteiger partial charge in [0.05, 0.1) is 12.3 Å². The summed E-state index contributed by atoms with van der Waals surface area (Å²) in [5.74, 6) is 0.168. The zero-order chi connectivity index (χ0) is 10.8. The molecule has 0 spiro atoms. The number of rotatable bonds is 1. The lowest BCUT2D eigenvalue weighted by atomic mass is 10.1. The topological polar surface area (TPSA) is 90.4 Å². The number of aromatic nitrogens is 2. The molecule has 3 N–H and O–H groups in total. The lowest BCUT2D eigenvalue weighted by Gasteiger charge is -2.24. The Bertz CT molecular complexity index is 440. The number of aliphatic hydroxyl groups excluding tert-OH is 1. The Hall–Kier alpha value is -1.82. The van der Waals surface area contributed by atoms with Crippen molar-refractivity contribution in [2.45, 2.75) is 12.1 Å². The minimum Gasteiger partial charge on any atom is -0.499 e. The molecule has 2 heterocycles. The van der Waals surface area contributed by atoms with Gasteiger partial charge in [0.15, 0.2) is 0 Å². The maximum absolute atomic E-state index is 11.5. The van der Waals surface area contributed by atoms with E-state index >= 15 is 0 Å². The number of ether oxygens (including phenoxy) is 1. The molecule has 0 bridgehead atoms. The molecule has 0 radical (unpaired) electrons. The molecule has 0 aliphatic carbocycles. The van der Waals surface area contributed by atoms with Gasteiger partial charge in [0.2, 0.25) is 0 Å². The second kappa shape index (κ2) is 3.74. The molecule has 6 nitrogen and oxygen atoms in total. The molecule has 15 heavy (non-hydrogen) atoms. The normalized spacial score (nSPS) is 24.9. The lowest BCUT2D eigenvalue weighted by molar-refractivity contribution is 0.0407. The van der Waals surface area contributed by atoms with Gasteiger partial charge < -0.3 is 15.6 Å². The molecule has 6 heteroatoms. The summed E-state index contributed by atoms with van der Waals surface area (Å²) >= 11 is 0. The highest BCUT2D eigenvalue weighted by atomic mass is 16.5. The van der Waals surface area contributed by atoms with Crippen LogP contribution in [0.2, 0.25) is 0 Å². The highest BCUT2D eigenvalue weighted by Crippen LogP contribution is 2.16. The van der Waals surface area contributed by atoms with E-state index in [2.05, 4.69) is 4.98 Å². The number of nitrogen functional groups attached to an aromatic ring is 1. The van der Waals surface area contributed by atoms with Crippen molar-refractivity contribution in [2.75, 3.05) is 12.3 Å². The summed E-state index contributed by atoms with van der Waals surface area (Å²) in [5, 5.41) is 9.62. The van der Waals surface area contributed by atoms with Crippen LogP contribution >= 0.6 is 0 Å². The Balaban J connectivity index is 2.40. The Morgan fingerprint density at radius 2 is 2.47 bits per heavy atom. The standard InChI is InChI=1S/C9H11N3O3/c10-8-1-3-12(9(14)11-8)6-2-4-15-5-7(6)13/h1-4,6-7,13H,5H2,(H2,10,11,14)/t6-,7-/m0/s1. The SMILES string of the molecule is Nc1ccn([C@H]2C=COC[C@@H]2O)c(=O)n1. The van der Waals surface area contributed by atoms with Crippen LogP contribution in [0.15, 0.2) is 29.4 Å². The van der Waals surface area contributed by atoms with Gasteiger partial charge in [-0.3, -0.25) is 4.57 Å². The van der Waals surface area contributed by atoms with Crippen LogP contribution in [0.4, 0.5) is 5.82 Å². The quantitative estimate of drug-likeness (QED) is 0.636. The molecule has 0 amide bonds. The monoisotopic (exact) mass is 209 g/mol. The first-order valence-corrected chi connectivity index (χ1v) is 4.49. The third-order valence-corrected chi connectivity index (χ3v) is 2.21. The largest absolute Gasteiger partial charge is 0.499 e. The van der Waals surface area contributed by atoms with Crippen molar-refractivity contribution in [3.05, 3.63) is 35.1 Å². The Morgan fingerprint density at radius 1 is 1.67 bits per heavy atom. The number of hydrogen-bond acceptors (Lipinski definition) is 5. The smallest absolute Gasteiger partial charge is 0.350 e. The fourth-order valence-electron chi connectivity index (χ4n) is 1.45. The van der Waals surface area contributed by atoms with Gasteiger partial charge in [0.25, 0.3) is 0 Å². The van der Waals surface area contributed by atoms with E-state index in [0.29, 0.717) is 0 Å². The van der Waals surface area contributed by atoms with Crippen LogP contribution in [0.3, 0.4) is 0 Å². The molecule has 0 saturated carbocycles. The molecule has 80 valence electrons. The lowest BCUT2D eigenvalue weighted by Crippen LogP contribution is -2.36. The van der Waals surface area contributed by atoms with Crippen LogP contribution in [0.1, 0.15) is 6.04 Å². The van der Waals surface area contributed by atoms with Crippen molar-refractivity contribution >= 4 is 5.82 Å².